The van der Waals surface area contributed by atoms with Crippen molar-refractivity contribution in [2.45, 2.75) is 0 Å². The molecule has 0 N–H and O–H groups in total. The van der Waals surface area contributed by atoms with Crippen molar-refractivity contribution >= 4 is 76.6 Å². The standard InChI is InChI=1S/C64H38N6O2/c1-4-15-39(16-5-1)41-27-29-42(30-28-41)61-66-62(50-23-14-24-53-60(50)72-63(65-53)43-19-8-3-9-20-43)68-64(67-61)70-55-26-13-11-22-47(55)49-34-33-48-46-21-10-12-25-54(46)69(58(48)59(49)70)45-32-36-57-52(38-45)51-37-44(31-35-56(51)71-57)40-17-6-2-7-18-40/h1-38H. The lowest BCUT2D eigenvalue weighted by Crippen LogP contribution is -2.07. The van der Waals surface area contributed by atoms with Gasteiger partial charge in [0, 0.05) is 49.1 Å². The van der Waals surface area contributed by atoms with E-state index in [9.17, 15) is 0 Å². The Balaban J connectivity index is 1.01. The smallest absolute Gasteiger partial charge is 0.238 e. The predicted molar refractivity (Wildman–Crippen MR) is 291 cm³/mol. The molecule has 15 rings (SSSR count). The van der Waals surface area contributed by atoms with Crippen molar-refractivity contribution in [3.05, 3.63) is 231 Å². The van der Waals surface area contributed by atoms with Gasteiger partial charge >= 0.3 is 0 Å². The fraction of sp³-hybridized carbons (Fsp3) is 0. The second kappa shape index (κ2) is 15.8. The van der Waals surface area contributed by atoms with Crippen LogP contribution < -0.4 is 0 Å². The molecule has 0 aliphatic carbocycles. The van der Waals surface area contributed by atoms with Gasteiger partial charge in [0.25, 0.3) is 0 Å². The van der Waals surface area contributed by atoms with Crippen molar-refractivity contribution in [3.8, 4) is 68.1 Å². The summed E-state index contributed by atoms with van der Waals surface area (Å²) in [6.07, 6.45) is 0. The van der Waals surface area contributed by atoms with Crippen molar-refractivity contribution in [2.24, 2.45) is 0 Å². The van der Waals surface area contributed by atoms with Crippen molar-refractivity contribution in [1.82, 2.24) is 29.1 Å². The summed E-state index contributed by atoms with van der Waals surface area (Å²) < 4.78 is 17.8. The highest BCUT2D eigenvalue weighted by Crippen LogP contribution is 2.43. The van der Waals surface area contributed by atoms with E-state index in [2.05, 4.69) is 179 Å². The average Bonchev–Trinajstić information content (AvgIpc) is 4.23. The van der Waals surface area contributed by atoms with Crippen molar-refractivity contribution < 1.29 is 8.83 Å². The Kier molecular flexibility index (Phi) is 8.79. The number of oxazole rings is 1. The molecule has 0 radical (unpaired) electrons. The van der Waals surface area contributed by atoms with Crippen LogP contribution in [0.25, 0.3) is 145 Å². The second-order valence-corrected chi connectivity index (χ2v) is 18.2. The van der Waals surface area contributed by atoms with E-state index in [0.717, 1.165) is 105 Å². The molecule has 0 bridgehead atoms. The maximum atomic E-state index is 6.63. The molecule has 0 aliphatic rings. The first kappa shape index (κ1) is 40.0. The van der Waals surface area contributed by atoms with Crippen LogP contribution in [0.4, 0.5) is 0 Å². The van der Waals surface area contributed by atoms with Gasteiger partial charge < -0.3 is 13.4 Å². The highest BCUT2D eigenvalue weighted by atomic mass is 16.3. The summed E-state index contributed by atoms with van der Waals surface area (Å²) in [6, 6.07) is 79.9. The van der Waals surface area contributed by atoms with E-state index in [1.54, 1.807) is 0 Å². The van der Waals surface area contributed by atoms with Crippen LogP contribution in [0.5, 0.6) is 0 Å². The van der Waals surface area contributed by atoms with E-state index in [0.29, 0.717) is 40.2 Å². The molecule has 8 nitrogen and oxygen atoms in total. The van der Waals surface area contributed by atoms with E-state index in [4.69, 9.17) is 28.8 Å². The third kappa shape index (κ3) is 6.26. The van der Waals surface area contributed by atoms with Gasteiger partial charge in [0.1, 0.15) is 16.7 Å². The van der Waals surface area contributed by atoms with Gasteiger partial charge in [-0.2, -0.15) is 9.97 Å². The van der Waals surface area contributed by atoms with Crippen LogP contribution >= 0.6 is 0 Å². The van der Waals surface area contributed by atoms with Crippen LogP contribution in [0.2, 0.25) is 0 Å². The molecule has 0 saturated heterocycles. The first-order chi connectivity index (χ1) is 35.7. The predicted octanol–water partition coefficient (Wildman–Crippen LogP) is 16.4. The van der Waals surface area contributed by atoms with Gasteiger partial charge in [-0.3, -0.25) is 4.57 Å². The second-order valence-electron chi connectivity index (χ2n) is 18.2. The van der Waals surface area contributed by atoms with E-state index in [-0.39, 0.29) is 0 Å². The van der Waals surface area contributed by atoms with Gasteiger partial charge in [-0.25, -0.2) is 9.97 Å². The van der Waals surface area contributed by atoms with Gasteiger partial charge in [0.05, 0.1) is 27.6 Å². The molecule has 5 aromatic heterocycles. The lowest BCUT2D eigenvalue weighted by Gasteiger charge is -2.13. The lowest BCUT2D eigenvalue weighted by molar-refractivity contribution is 0.620. The van der Waals surface area contributed by atoms with Gasteiger partial charge in [-0.05, 0) is 89.0 Å². The Hall–Kier alpha value is -9.92. The van der Waals surface area contributed by atoms with Crippen molar-refractivity contribution in [2.75, 3.05) is 0 Å². The monoisotopic (exact) mass is 922 g/mol. The van der Waals surface area contributed by atoms with Gasteiger partial charge in [0.15, 0.2) is 17.2 Å². The number of fused-ring (bicyclic) bond motifs is 11. The molecule has 0 fully saturated rings. The molecule has 0 saturated carbocycles. The third-order valence-electron chi connectivity index (χ3n) is 14.0. The van der Waals surface area contributed by atoms with E-state index < -0.39 is 0 Å². The number of rotatable bonds is 7. The van der Waals surface area contributed by atoms with Crippen LogP contribution in [-0.2, 0) is 0 Å². The summed E-state index contributed by atoms with van der Waals surface area (Å²) in [7, 11) is 0. The zero-order chi connectivity index (χ0) is 47.3. The fourth-order valence-electron chi connectivity index (χ4n) is 10.7. The van der Waals surface area contributed by atoms with E-state index in [1.807, 2.05) is 60.7 Å². The molecular formula is C64H38N6O2. The first-order valence-corrected chi connectivity index (χ1v) is 24.0. The summed E-state index contributed by atoms with van der Waals surface area (Å²) in [5, 5.41) is 6.50. The lowest BCUT2D eigenvalue weighted by atomic mass is 10.0. The van der Waals surface area contributed by atoms with Crippen molar-refractivity contribution in [1.29, 1.82) is 0 Å². The summed E-state index contributed by atoms with van der Waals surface area (Å²) in [4.78, 5) is 21.1. The minimum atomic E-state index is 0.467. The molecule has 8 heteroatoms. The summed E-state index contributed by atoms with van der Waals surface area (Å²) in [5.41, 5.74) is 15.0. The van der Waals surface area contributed by atoms with Gasteiger partial charge in [0.2, 0.25) is 11.8 Å². The van der Waals surface area contributed by atoms with E-state index >= 15 is 0 Å². The fourth-order valence-corrected chi connectivity index (χ4v) is 10.7. The first-order valence-electron chi connectivity index (χ1n) is 24.0. The Morgan fingerprint density at radius 2 is 0.861 bits per heavy atom. The molecule has 10 aromatic carbocycles. The highest BCUT2D eigenvalue weighted by Gasteiger charge is 2.25. The zero-order valence-electron chi connectivity index (χ0n) is 38.4. The number of furan rings is 1. The molecule has 0 aliphatic heterocycles. The largest absolute Gasteiger partial charge is 0.456 e. The molecule has 0 spiro atoms. The minimum absolute atomic E-state index is 0.467. The average molecular weight is 923 g/mol. The Morgan fingerprint density at radius 3 is 1.57 bits per heavy atom. The molecule has 0 amide bonds. The molecule has 0 unspecified atom stereocenters. The van der Waals surface area contributed by atoms with Crippen LogP contribution in [0, 0.1) is 0 Å². The maximum absolute atomic E-state index is 6.63. The number of nitrogens with zero attached hydrogens (tertiary/aromatic N) is 6. The molecular weight excluding hydrogens is 885 g/mol. The SMILES string of the molecule is c1ccc(-c2ccc(-c3nc(-c4cccc5nc(-c6ccccc6)oc45)nc(-n4c5ccccc5c5ccc6c7ccccc7n(-c7ccc8oc9ccc(-c%10ccccc%10)cc9c8c7)c6c54)n3)cc2)cc1. The van der Waals surface area contributed by atoms with Crippen LogP contribution in [0.1, 0.15) is 0 Å². The number of hydrogen-bond acceptors (Lipinski definition) is 6. The summed E-state index contributed by atoms with van der Waals surface area (Å²) >= 11 is 0. The topological polar surface area (TPSA) is 87.7 Å². The minimum Gasteiger partial charge on any atom is -0.456 e. The van der Waals surface area contributed by atoms with Crippen LogP contribution in [0.3, 0.4) is 0 Å². The molecule has 15 aromatic rings. The number of aromatic nitrogens is 6. The Labute approximate surface area is 411 Å². The molecule has 5 heterocycles. The quantitative estimate of drug-likeness (QED) is 0.158. The number of hydrogen-bond donors (Lipinski definition) is 0. The molecule has 0 atom stereocenters. The van der Waals surface area contributed by atoms with Crippen molar-refractivity contribution in [3.63, 3.8) is 0 Å². The number of benzene rings is 10. The summed E-state index contributed by atoms with van der Waals surface area (Å²) in [5.74, 6) is 2.00. The van der Waals surface area contributed by atoms with Gasteiger partial charge in [-0.15, -0.1) is 0 Å². The molecule has 336 valence electrons. The Morgan fingerprint density at radius 1 is 0.319 bits per heavy atom. The summed E-state index contributed by atoms with van der Waals surface area (Å²) in [6.45, 7) is 0. The molecule has 72 heavy (non-hydrogen) atoms. The highest BCUT2D eigenvalue weighted by molar-refractivity contribution is 6.24. The maximum Gasteiger partial charge on any atom is 0.238 e. The normalized spacial score (nSPS) is 11.9. The zero-order valence-corrected chi connectivity index (χ0v) is 38.4. The third-order valence-corrected chi connectivity index (χ3v) is 14.0. The van der Waals surface area contributed by atoms with Gasteiger partial charge in [-0.1, -0.05) is 164 Å². The Bertz CT molecular complexity index is 4610. The number of para-hydroxylation sites is 3. The van der Waals surface area contributed by atoms with Crippen LogP contribution in [-0.4, -0.2) is 29.1 Å². The van der Waals surface area contributed by atoms with Crippen LogP contribution in [0.15, 0.2) is 239 Å². The van der Waals surface area contributed by atoms with E-state index in [1.165, 1.54) is 0 Å².